The summed E-state index contributed by atoms with van der Waals surface area (Å²) in [4.78, 5) is 26.3. The second-order valence-electron chi connectivity index (χ2n) is 4.87. The summed E-state index contributed by atoms with van der Waals surface area (Å²) in [5.74, 6) is 0. The number of carbonyl (C=O) groups is 1. The summed E-state index contributed by atoms with van der Waals surface area (Å²) in [5, 5.41) is 16.0. The second-order valence-corrected chi connectivity index (χ2v) is 4.87. The number of anilines is 2. The van der Waals surface area contributed by atoms with Crippen molar-refractivity contribution >= 4 is 23.1 Å². The van der Waals surface area contributed by atoms with Gasteiger partial charge in [-0.15, -0.1) is 0 Å². The van der Waals surface area contributed by atoms with Crippen LogP contribution in [0.3, 0.4) is 0 Å². The van der Waals surface area contributed by atoms with Crippen LogP contribution in [-0.2, 0) is 0 Å². The summed E-state index contributed by atoms with van der Waals surface area (Å²) in [6.45, 7) is 0. The summed E-state index contributed by atoms with van der Waals surface area (Å²) in [7, 11) is 0. The molecule has 3 rings (SSSR count). The highest BCUT2D eigenvalue weighted by Gasteiger charge is 2.09. The smallest absolute Gasteiger partial charge is 0.308 e. The highest BCUT2D eigenvalue weighted by Crippen LogP contribution is 2.20. The van der Waals surface area contributed by atoms with Crippen LogP contribution < -0.4 is 10.6 Å². The Hall–Kier alpha value is -3.68. The summed E-state index contributed by atoms with van der Waals surface area (Å²) in [5.41, 5.74) is 1.80. The Morgan fingerprint density at radius 3 is 2.50 bits per heavy atom. The van der Waals surface area contributed by atoms with Crippen molar-refractivity contribution in [3.05, 3.63) is 77.4 Å². The Balaban J connectivity index is 1.73. The Bertz CT molecular complexity index is 860. The molecule has 0 spiro atoms. The van der Waals surface area contributed by atoms with Crippen LogP contribution in [-0.4, -0.2) is 20.5 Å². The van der Waals surface area contributed by atoms with Crippen molar-refractivity contribution in [2.45, 2.75) is 0 Å². The lowest BCUT2D eigenvalue weighted by molar-refractivity contribution is -0.384. The number of para-hydroxylation sites is 2. The minimum Gasteiger partial charge on any atom is -0.308 e. The molecule has 0 saturated heterocycles. The quantitative estimate of drug-likeness (QED) is 0.567. The van der Waals surface area contributed by atoms with Gasteiger partial charge in [0.05, 0.1) is 22.6 Å². The number of hydrogen-bond acceptors (Lipinski definition) is 4. The maximum absolute atomic E-state index is 12.1. The molecule has 120 valence electrons. The minimum atomic E-state index is -0.495. The fourth-order valence-corrected chi connectivity index (χ4v) is 2.16. The van der Waals surface area contributed by atoms with E-state index < -0.39 is 11.0 Å². The standard InChI is InChI=1S/C16H13N5O3/c22-16(18-12-5-7-13(8-6-12)21(23)24)19-14-3-1-2-4-15(14)20-10-9-17-11-20/h1-11H,(H2,18,19,22). The van der Waals surface area contributed by atoms with E-state index in [0.717, 1.165) is 5.69 Å². The number of carbonyl (C=O) groups excluding carboxylic acids is 1. The second kappa shape index (κ2) is 6.61. The molecule has 0 fully saturated rings. The molecule has 3 aromatic rings. The molecule has 0 radical (unpaired) electrons. The van der Waals surface area contributed by atoms with Crippen molar-refractivity contribution in [1.29, 1.82) is 0 Å². The Morgan fingerprint density at radius 2 is 1.83 bits per heavy atom. The van der Waals surface area contributed by atoms with Gasteiger partial charge >= 0.3 is 6.03 Å². The number of nitrogens with zero attached hydrogens (tertiary/aromatic N) is 3. The van der Waals surface area contributed by atoms with Crippen molar-refractivity contribution in [1.82, 2.24) is 9.55 Å². The number of aromatic nitrogens is 2. The molecule has 0 aliphatic heterocycles. The molecule has 0 atom stereocenters. The molecular weight excluding hydrogens is 310 g/mol. The van der Waals surface area contributed by atoms with Crippen LogP contribution in [0.5, 0.6) is 0 Å². The average Bonchev–Trinajstić information content (AvgIpc) is 3.10. The number of benzene rings is 2. The zero-order valence-corrected chi connectivity index (χ0v) is 12.4. The third-order valence-electron chi connectivity index (χ3n) is 3.27. The van der Waals surface area contributed by atoms with Gasteiger partial charge in [-0.2, -0.15) is 0 Å². The fraction of sp³-hybridized carbons (Fsp3) is 0. The number of nitro benzene ring substituents is 1. The van der Waals surface area contributed by atoms with Crippen LogP contribution in [0.15, 0.2) is 67.3 Å². The molecular formula is C16H13N5O3. The highest BCUT2D eigenvalue weighted by atomic mass is 16.6. The van der Waals surface area contributed by atoms with Gasteiger partial charge in [-0.3, -0.25) is 10.1 Å². The first-order valence-corrected chi connectivity index (χ1v) is 7.03. The van der Waals surface area contributed by atoms with E-state index in [2.05, 4.69) is 15.6 Å². The van der Waals surface area contributed by atoms with Gasteiger partial charge in [-0.1, -0.05) is 12.1 Å². The summed E-state index contributed by atoms with van der Waals surface area (Å²) >= 11 is 0. The Labute approximate surface area is 136 Å². The van der Waals surface area contributed by atoms with E-state index in [0.29, 0.717) is 11.4 Å². The third-order valence-corrected chi connectivity index (χ3v) is 3.27. The van der Waals surface area contributed by atoms with Crippen LogP contribution in [0.2, 0.25) is 0 Å². The van der Waals surface area contributed by atoms with E-state index in [1.54, 1.807) is 29.4 Å². The van der Waals surface area contributed by atoms with Gasteiger partial charge in [0.2, 0.25) is 0 Å². The number of imidazole rings is 1. The lowest BCUT2D eigenvalue weighted by Crippen LogP contribution is -2.20. The van der Waals surface area contributed by atoms with Crippen LogP contribution in [0.25, 0.3) is 5.69 Å². The van der Waals surface area contributed by atoms with Crippen LogP contribution in [0.4, 0.5) is 21.9 Å². The zero-order valence-electron chi connectivity index (χ0n) is 12.4. The van der Waals surface area contributed by atoms with Crippen molar-refractivity contribution in [2.75, 3.05) is 10.6 Å². The molecule has 24 heavy (non-hydrogen) atoms. The van der Waals surface area contributed by atoms with Gasteiger partial charge in [0.25, 0.3) is 5.69 Å². The van der Waals surface area contributed by atoms with Gasteiger partial charge in [-0.05, 0) is 24.3 Å². The maximum atomic E-state index is 12.1. The summed E-state index contributed by atoms with van der Waals surface area (Å²) in [6, 6.07) is 12.4. The number of nitro groups is 1. The monoisotopic (exact) mass is 323 g/mol. The first-order valence-electron chi connectivity index (χ1n) is 7.03. The number of rotatable bonds is 4. The fourth-order valence-electron chi connectivity index (χ4n) is 2.16. The molecule has 8 heteroatoms. The molecule has 8 nitrogen and oxygen atoms in total. The first kappa shape index (κ1) is 15.2. The largest absolute Gasteiger partial charge is 0.323 e. The molecule has 1 heterocycles. The Kier molecular flexibility index (Phi) is 4.19. The molecule has 0 saturated carbocycles. The number of non-ortho nitro benzene ring substituents is 1. The predicted octanol–water partition coefficient (Wildman–Crippen LogP) is 3.42. The molecule has 2 amide bonds. The molecule has 0 aliphatic carbocycles. The van der Waals surface area contributed by atoms with E-state index in [1.165, 1.54) is 24.3 Å². The van der Waals surface area contributed by atoms with Crippen molar-refractivity contribution in [3.8, 4) is 5.69 Å². The van der Waals surface area contributed by atoms with E-state index in [9.17, 15) is 14.9 Å². The molecule has 0 bridgehead atoms. The number of amides is 2. The Morgan fingerprint density at radius 1 is 1.08 bits per heavy atom. The molecule has 2 aromatic carbocycles. The van der Waals surface area contributed by atoms with E-state index in [1.807, 2.05) is 18.2 Å². The SMILES string of the molecule is O=C(Nc1ccc([N+](=O)[O-])cc1)Nc1ccccc1-n1ccnc1. The average molecular weight is 323 g/mol. The van der Waals surface area contributed by atoms with Gasteiger partial charge in [-0.25, -0.2) is 9.78 Å². The van der Waals surface area contributed by atoms with Gasteiger partial charge < -0.3 is 15.2 Å². The van der Waals surface area contributed by atoms with Gasteiger partial charge in [0.15, 0.2) is 0 Å². The van der Waals surface area contributed by atoms with E-state index in [-0.39, 0.29) is 5.69 Å². The minimum absolute atomic E-state index is 0.0357. The van der Waals surface area contributed by atoms with Crippen molar-refractivity contribution < 1.29 is 9.72 Å². The topological polar surface area (TPSA) is 102 Å². The third kappa shape index (κ3) is 3.38. The number of hydrogen-bond donors (Lipinski definition) is 2. The number of urea groups is 1. The van der Waals surface area contributed by atoms with Crippen molar-refractivity contribution in [2.24, 2.45) is 0 Å². The number of nitrogens with one attached hydrogen (secondary N) is 2. The first-order chi connectivity index (χ1) is 11.6. The maximum Gasteiger partial charge on any atom is 0.323 e. The molecule has 2 N–H and O–H groups in total. The van der Waals surface area contributed by atoms with Crippen LogP contribution in [0, 0.1) is 10.1 Å². The van der Waals surface area contributed by atoms with Crippen LogP contribution in [0.1, 0.15) is 0 Å². The van der Waals surface area contributed by atoms with Crippen LogP contribution >= 0.6 is 0 Å². The molecule has 1 aromatic heterocycles. The zero-order chi connectivity index (χ0) is 16.9. The normalized spacial score (nSPS) is 10.2. The van der Waals surface area contributed by atoms with E-state index >= 15 is 0 Å². The summed E-state index contributed by atoms with van der Waals surface area (Å²) < 4.78 is 1.78. The lowest BCUT2D eigenvalue weighted by Gasteiger charge is -2.12. The lowest BCUT2D eigenvalue weighted by atomic mass is 10.2. The van der Waals surface area contributed by atoms with E-state index in [4.69, 9.17) is 0 Å². The molecule has 0 unspecified atom stereocenters. The van der Waals surface area contributed by atoms with Gasteiger partial charge in [0.1, 0.15) is 0 Å². The summed E-state index contributed by atoms with van der Waals surface area (Å²) in [6.07, 6.45) is 5.05. The highest BCUT2D eigenvalue weighted by molar-refractivity contribution is 6.01. The predicted molar refractivity (Wildman–Crippen MR) is 89.3 cm³/mol. The van der Waals surface area contributed by atoms with Crippen molar-refractivity contribution in [3.63, 3.8) is 0 Å². The van der Waals surface area contributed by atoms with Gasteiger partial charge in [0, 0.05) is 30.2 Å². The molecule has 0 aliphatic rings.